The number of nitrogens with zero attached hydrogens (tertiary/aromatic N) is 1. The molecule has 1 heterocycles. The van der Waals surface area contributed by atoms with E-state index in [0.29, 0.717) is 18.5 Å². The average molecular weight is 631 g/mol. The largest absolute Gasteiger partial charge is 0.453 e. The second-order valence-electron chi connectivity index (χ2n) is 11.7. The number of alkyl carbamates (subject to hydrolysis) is 1. The third kappa shape index (κ3) is 9.55. The van der Waals surface area contributed by atoms with Crippen LogP contribution in [-0.4, -0.2) is 73.1 Å². The molecule has 1 saturated heterocycles. The van der Waals surface area contributed by atoms with E-state index in [2.05, 4.69) is 16.0 Å². The van der Waals surface area contributed by atoms with Gasteiger partial charge in [-0.25, -0.2) is 9.59 Å². The first-order chi connectivity index (χ1) is 22.1. The van der Waals surface area contributed by atoms with Crippen molar-refractivity contribution in [1.29, 1.82) is 0 Å². The molecule has 3 aromatic carbocycles. The van der Waals surface area contributed by atoms with Crippen LogP contribution in [0.25, 0.3) is 0 Å². The molecule has 0 saturated carbocycles. The van der Waals surface area contributed by atoms with Crippen LogP contribution in [0.3, 0.4) is 0 Å². The van der Waals surface area contributed by atoms with Crippen LogP contribution in [0.2, 0.25) is 0 Å². The molecule has 11 heteroatoms. The fourth-order valence-electron chi connectivity index (χ4n) is 5.40. The van der Waals surface area contributed by atoms with Crippen molar-refractivity contribution in [2.45, 2.75) is 63.4 Å². The quantitative estimate of drug-likeness (QED) is 0.213. The molecule has 4 N–H and O–H groups in total. The lowest BCUT2D eigenvalue weighted by atomic mass is 9.93. The average Bonchev–Trinajstić information content (AvgIpc) is 3.45. The molecule has 4 rings (SSSR count). The highest BCUT2D eigenvalue weighted by Crippen LogP contribution is 2.22. The van der Waals surface area contributed by atoms with Crippen molar-refractivity contribution in [2.24, 2.45) is 5.92 Å². The second kappa shape index (κ2) is 16.4. The lowest BCUT2D eigenvalue weighted by Gasteiger charge is -2.30. The van der Waals surface area contributed by atoms with Gasteiger partial charge < -0.3 is 30.5 Å². The predicted octanol–water partition coefficient (Wildman–Crippen LogP) is 3.60. The third-order valence-corrected chi connectivity index (χ3v) is 7.87. The number of carbonyl (C=O) groups excluding carboxylic acids is 4. The van der Waals surface area contributed by atoms with E-state index in [1.54, 1.807) is 38.1 Å². The first kappa shape index (κ1) is 34.0. The van der Waals surface area contributed by atoms with Crippen molar-refractivity contribution in [2.75, 3.05) is 18.6 Å². The molecule has 3 aromatic rings. The zero-order valence-corrected chi connectivity index (χ0v) is 26.3. The fourth-order valence-corrected chi connectivity index (χ4v) is 5.40. The maximum Gasteiger partial charge on any atom is 0.415 e. The highest BCUT2D eigenvalue weighted by molar-refractivity contribution is 5.95. The number of methoxy groups -OCH3 is 1. The van der Waals surface area contributed by atoms with Gasteiger partial charge >= 0.3 is 12.2 Å². The van der Waals surface area contributed by atoms with Crippen LogP contribution >= 0.6 is 0 Å². The lowest BCUT2D eigenvalue weighted by molar-refractivity contribution is -0.129. The molecule has 11 nitrogen and oxygen atoms in total. The number of ether oxygens (including phenoxy) is 2. The molecule has 0 bridgehead atoms. The van der Waals surface area contributed by atoms with E-state index >= 15 is 0 Å². The summed E-state index contributed by atoms with van der Waals surface area (Å²) < 4.78 is 10.1. The molecule has 1 aliphatic rings. The van der Waals surface area contributed by atoms with Gasteiger partial charge in [0.05, 0.1) is 25.8 Å². The van der Waals surface area contributed by atoms with Gasteiger partial charge in [-0.05, 0) is 48.4 Å². The van der Waals surface area contributed by atoms with Gasteiger partial charge in [0, 0.05) is 11.7 Å². The molecule has 1 aliphatic heterocycles. The summed E-state index contributed by atoms with van der Waals surface area (Å²) in [4.78, 5) is 52.9. The zero-order chi connectivity index (χ0) is 33.1. The van der Waals surface area contributed by atoms with Crippen LogP contribution in [0.15, 0.2) is 91.0 Å². The molecule has 0 spiro atoms. The number of nitrogens with one attached hydrogen (secondary N) is 3. The fraction of sp³-hybridized carbons (Fsp3) is 0.371. The van der Waals surface area contributed by atoms with Gasteiger partial charge in [-0.3, -0.25) is 14.5 Å². The Morgan fingerprint density at radius 1 is 0.870 bits per heavy atom. The Morgan fingerprint density at radius 3 is 2.00 bits per heavy atom. The SMILES string of the molecule is COC(=O)N[C@H](C(=O)N[C@@H](Cc1ccccc1)C[C@H](O)[C@H](Cc1ccccc1)NC(=O)[C@H]1CN(c2ccccc2)C(=O)O1)C(C)C. The van der Waals surface area contributed by atoms with Crippen LogP contribution in [0, 0.1) is 5.92 Å². The first-order valence-electron chi connectivity index (χ1n) is 15.4. The highest BCUT2D eigenvalue weighted by atomic mass is 16.6. The van der Waals surface area contributed by atoms with E-state index in [4.69, 9.17) is 9.47 Å². The summed E-state index contributed by atoms with van der Waals surface area (Å²) in [6.45, 7) is 3.64. The Labute approximate surface area is 269 Å². The number of hydrogen-bond donors (Lipinski definition) is 4. The molecule has 1 fully saturated rings. The number of para-hydroxylation sites is 1. The number of rotatable bonds is 14. The third-order valence-electron chi connectivity index (χ3n) is 7.87. The minimum Gasteiger partial charge on any atom is -0.453 e. The number of carbonyl (C=O) groups is 4. The van der Waals surface area contributed by atoms with E-state index in [1.165, 1.54) is 12.0 Å². The van der Waals surface area contributed by atoms with Gasteiger partial charge in [-0.1, -0.05) is 92.7 Å². The minimum atomic E-state index is -1.11. The molecule has 4 amide bonds. The van der Waals surface area contributed by atoms with E-state index in [9.17, 15) is 24.3 Å². The van der Waals surface area contributed by atoms with E-state index < -0.39 is 54.3 Å². The molecule has 0 aromatic heterocycles. The Hall–Kier alpha value is -4.90. The number of aliphatic hydroxyl groups excluding tert-OH is 1. The summed E-state index contributed by atoms with van der Waals surface area (Å²) in [5.74, 6) is -1.19. The van der Waals surface area contributed by atoms with Gasteiger partial charge in [-0.15, -0.1) is 0 Å². The monoisotopic (exact) mass is 630 g/mol. The summed E-state index contributed by atoms with van der Waals surface area (Å²) in [6, 6.07) is 25.7. The van der Waals surface area contributed by atoms with Crippen molar-refractivity contribution < 1.29 is 33.8 Å². The lowest BCUT2D eigenvalue weighted by Crippen LogP contribution is -2.55. The maximum absolute atomic E-state index is 13.5. The molecule has 5 atom stereocenters. The topological polar surface area (TPSA) is 146 Å². The number of anilines is 1. The van der Waals surface area contributed by atoms with Crippen LogP contribution in [-0.2, 0) is 31.9 Å². The number of benzene rings is 3. The van der Waals surface area contributed by atoms with Gasteiger partial charge in [0.1, 0.15) is 6.04 Å². The molecule has 0 unspecified atom stereocenters. The van der Waals surface area contributed by atoms with Gasteiger partial charge in [0.25, 0.3) is 5.91 Å². The maximum atomic E-state index is 13.5. The predicted molar refractivity (Wildman–Crippen MR) is 173 cm³/mol. The number of aliphatic hydroxyl groups is 1. The highest BCUT2D eigenvalue weighted by Gasteiger charge is 2.39. The van der Waals surface area contributed by atoms with Crippen LogP contribution < -0.4 is 20.9 Å². The van der Waals surface area contributed by atoms with Gasteiger partial charge in [0.2, 0.25) is 5.91 Å². The summed E-state index contributed by atoms with van der Waals surface area (Å²) in [7, 11) is 1.23. The van der Waals surface area contributed by atoms with Crippen molar-refractivity contribution in [3.05, 3.63) is 102 Å². The molecule has 0 radical (unpaired) electrons. The first-order valence-corrected chi connectivity index (χ1v) is 15.4. The molecule has 46 heavy (non-hydrogen) atoms. The van der Waals surface area contributed by atoms with Crippen LogP contribution in [0.4, 0.5) is 15.3 Å². The standard InChI is InChI=1S/C35H42N4O7/c1-23(2)31(38-34(43)45-3)33(42)36-26(19-24-13-7-4-8-14-24)21-29(40)28(20-25-15-9-5-10-16-25)37-32(41)30-22-39(35(44)46-30)27-17-11-6-12-18-27/h4-18,23,26,28-31,40H,19-22H2,1-3H3,(H,36,42)(H,37,41)(H,38,43)/t26-,28-,29-,30+,31-/m0/s1. The Bertz CT molecular complexity index is 1440. The van der Waals surface area contributed by atoms with Gasteiger partial charge in [-0.2, -0.15) is 0 Å². The van der Waals surface area contributed by atoms with Crippen LogP contribution in [0.1, 0.15) is 31.4 Å². The van der Waals surface area contributed by atoms with Gasteiger partial charge in [0.15, 0.2) is 6.10 Å². The minimum absolute atomic E-state index is 0.0271. The van der Waals surface area contributed by atoms with Crippen LogP contribution in [0.5, 0.6) is 0 Å². The summed E-state index contributed by atoms with van der Waals surface area (Å²) >= 11 is 0. The molecular formula is C35H42N4O7. The summed E-state index contributed by atoms with van der Waals surface area (Å²) in [5.41, 5.74) is 2.43. The smallest absolute Gasteiger partial charge is 0.415 e. The normalized spacial score (nSPS) is 16.9. The summed E-state index contributed by atoms with van der Waals surface area (Å²) in [6.07, 6.45) is -2.76. The van der Waals surface area contributed by atoms with E-state index in [0.717, 1.165) is 11.1 Å². The number of cyclic esters (lactones) is 1. The summed E-state index contributed by atoms with van der Waals surface area (Å²) in [5, 5.41) is 20.2. The molecule has 0 aliphatic carbocycles. The number of amides is 4. The Morgan fingerprint density at radius 2 is 1.43 bits per heavy atom. The molecular weight excluding hydrogens is 588 g/mol. The number of hydrogen-bond acceptors (Lipinski definition) is 7. The molecule has 244 valence electrons. The van der Waals surface area contributed by atoms with Crippen molar-refractivity contribution in [3.63, 3.8) is 0 Å². The van der Waals surface area contributed by atoms with Crippen molar-refractivity contribution in [3.8, 4) is 0 Å². The Balaban J connectivity index is 1.52. The van der Waals surface area contributed by atoms with E-state index in [1.807, 2.05) is 66.7 Å². The zero-order valence-electron chi connectivity index (χ0n) is 26.3. The van der Waals surface area contributed by atoms with E-state index in [-0.39, 0.29) is 18.9 Å². The van der Waals surface area contributed by atoms with Crippen molar-refractivity contribution >= 4 is 29.7 Å². The Kier molecular flexibility index (Phi) is 12.1. The van der Waals surface area contributed by atoms with Crippen molar-refractivity contribution in [1.82, 2.24) is 16.0 Å². The second-order valence-corrected chi connectivity index (χ2v) is 11.7.